The molecule has 0 aliphatic carbocycles. The number of ether oxygens (including phenoxy) is 2. The summed E-state index contributed by atoms with van der Waals surface area (Å²) in [6.07, 6.45) is 5.61. The molecule has 3 heteroatoms. The van der Waals surface area contributed by atoms with Crippen molar-refractivity contribution in [2.75, 3.05) is 6.61 Å². The van der Waals surface area contributed by atoms with E-state index in [4.69, 9.17) is 9.47 Å². The van der Waals surface area contributed by atoms with Crippen LogP contribution >= 0.6 is 0 Å². The van der Waals surface area contributed by atoms with Crippen LogP contribution in [0.25, 0.3) is 0 Å². The standard InChI is InChI=1S/C11H21O3/c1-3-5-7-8-10-14-11(12)13-9-6-4-2/h9H,3-8,10H2,1-2H3. The topological polar surface area (TPSA) is 35.5 Å². The van der Waals surface area contributed by atoms with Gasteiger partial charge in [0.1, 0.15) is 6.61 Å². The average molecular weight is 201 g/mol. The molecule has 83 valence electrons. The van der Waals surface area contributed by atoms with Crippen LogP contribution in [-0.4, -0.2) is 12.8 Å². The minimum Gasteiger partial charge on any atom is -0.434 e. The van der Waals surface area contributed by atoms with Gasteiger partial charge in [0.05, 0.1) is 6.61 Å². The normalized spacial score (nSPS) is 9.86. The first kappa shape index (κ1) is 13.3. The van der Waals surface area contributed by atoms with Gasteiger partial charge in [-0.05, 0) is 12.8 Å². The van der Waals surface area contributed by atoms with Gasteiger partial charge in [-0.15, -0.1) is 0 Å². The Morgan fingerprint density at radius 1 is 1.14 bits per heavy atom. The second-order valence-corrected chi connectivity index (χ2v) is 3.23. The fourth-order valence-corrected chi connectivity index (χ4v) is 0.963. The minimum atomic E-state index is -0.574. The lowest BCUT2D eigenvalue weighted by Gasteiger charge is -2.04. The zero-order valence-corrected chi connectivity index (χ0v) is 9.25. The third-order valence-electron chi connectivity index (χ3n) is 1.80. The van der Waals surface area contributed by atoms with Gasteiger partial charge in [-0.2, -0.15) is 0 Å². The highest BCUT2D eigenvalue weighted by atomic mass is 16.7. The van der Waals surface area contributed by atoms with E-state index >= 15 is 0 Å². The summed E-state index contributed by atoms with van der Waals surface area (Å²) in [4.78, 5) is 10.9. The van der Waals surface area contributed by atoms with E-state index in [1.807, 2.05) is 6.92 Å². The highest BCUT2D eigenvalue weighted by Gasteiger charge is 2.02. The molecule has 1 radical (unpaired) electrons. The summed E-state index contributed by atoms with van der Waals surface area (Å²) in [5.41, 5.74) is 0. The van der Waals surface area contributed by atoms with E-state index in [0.717, 1.165) is 25.7 Å². The van der Waals surface area contributed by atoms with Crippen LogP contribution in [0.15, 0.2) is 0 Å². The van der Waals surface area contributed by atoms with Crippen molar-refractivity contribution < 1.29 is 14.3 Å². The third-order valence-corrected chi connectivity index (χ3v) is 1.80. The van der Waals surface area contributed by atoms with Gasteiger partial charge in [0.15, 0.2) is 0 Å². The van der Waals surface area contributed by atoms with Gasteiger partial charge >= 0.3 is 6.16 Å². The van der Waals surface area contributed by atoms with Gasteiger partial charge < -0.3 is 9.47 Å². The van der Waals surface area contributed by atoms with Crippen LogP contribution in [0.2, 0.25) is 0 Å². The van der Waals surface area contributed by atoms with E-state index in [0.29, 0.717) is 6.61 Å². The SMILES string of the molecule is CCC[CH]OC(=O)OCCCCCC. The van der Waals surface area contributed by atoms with Crippen molar-refractivity contribution in [3.05, 3.63) is 6.61 Å². The molecule has 0 saturated carbocycles. The fourth-order valence-electron chi connectivity index (χ4n) is 0.963. The molecule has 0 heterocycles. The van der Waals surface area contributed by atoms with Crippen LogP contribution in [0.1, 0.15) is 52.4 Å². The number of carbonyl (C=O) groups excluding carboxylic acids is 1. The first-order valence-corrected chi connectivity index (χ1v) is 5.46. The first-order chi connectivity index (χ1) is 6.81. The monoisotopic (exact) mass is 201 g/mol. The molecular formula is C11H21O3. The van der Waals surface area contributed by atoms with E-state index < -0.39 is 6.16 Å². The number of hydrogen-bond acceptors (Lipinski definition) is 3. The number of hydrogen-bond donors (Lipinski definition) is 0. The van der Waals surface area contributed by atoms with Crippen molar-refractivity contribution in [1.29, 1.82) is 0 Å². The minimum absolute atomic E-state index is 0.471. The Balaban J connectivity index is 3.10. The predicted molar refractivity (Wildman–Crippen MR) is 55.8 cm³/mol. The Kier molecular flexibility index (Phi) is 9.81. The number of unbranched alkanes of at least 4 members (excludes halogenated alkanes) is 4. The largest absolute Gasteiger partial charge is 0.508 e. The summed E-state index contributed by atoms with van der Waals surface area (Å²) in [6, 6.07) is 0. The summed E-state index contributed by atoms with van der Waals surface area (Å²) in [7, 11) is 0. The molecule has 0 aliphatic heterocycles. The van der Waals surface area contributed by atoms with Crippen molar-refractivity contribution >= 4 is 6.16 Å². The molecule has 0 bridgehead atoms. The Morgan fingerprint density at radius 2 is 1.93 bits per heavy atom. The summed E-state index contributed by atoms with van der Waals surface area (Å²) in [6.45, 7) is 6.14. The molecule has 0 rings (SSSR count). The molecule has 0 spiro atoms. The summed E-state index contributed by atoms with van der Waals surface area (Å²) in [5, 5.41) is 0. The molecule has 0 aromatic rings. The predicted octanol–water partition coefficient (Wildman–Crippen LogP) is 3.68. The van der Waals surface area contributed by atoms with Crippen LogP contribution in [0, 0.1) is 6.61 Å². The first-order valence-electron chi connectivity index (χ1n) is 5.46. The molecule has 0 aromatic carbocycles. The van der Waals surface area contributed by atoms with E-state index in [-0.39, 0.29) is 0 Å². The lowest BCUT2D eigenvalue weighted by atomic mass is 10.2. The summed E-state index contributed by atoms with van der Waals surface area (Å²) >= 11 is 0. The average Bonchev–Trinajstić information content (AvgIpc) is 2.18. The molecular weight excluding hydrogens is 180 g/mol. The number of carbonyl (C=O) groups is 1. The van der Waals surface area contributed by atoms with E-state index in [9.17, 15) is 4.79 Å². The summed E-state index contributed by atoms with van der Waals surface area (Å²) in [5.74, 6) is 0. The molecule has 0 aromatic heterocycles. The highest BCUT2D eigenvalue weighted by molar-refractivity contribution is 5.60. The smallest absolute Gasteiger partial charge is 0.434 e. The van der Waals surface area contributed by atoms with Crippen LogP contribution in [0.3, 0.4) is 0 Å². The van der Waals surface area contributed by atoms with Gasteiger partial charge in [-0.25, -0.2) is 4.79 Å². The van der Waals surface area contributed by atoms with Crippen molar-refractivity contribution in [3.8, 4) is 0 Å². The maximum atomic E-state index is 10.9. The van der Waals surface area contributed by atoms with Gasteiger partial charge in [0.2, 0.25) is 0 Å². The molecule has 0 amide bonds. The van der Waals surface area contributed by atoms with Crippen molar-refractivity contribution in [1.82, 2.24) is 0 Å². The second kappa shape index (κ2) is 10.4. The Bertz CT molecular complexity index is 134. The Morgan fingerprint density at radius 3 is 2.57 bits per heavy atom. The Labute approximate surface area is 86.8 Å². The molecule has 0 aliphatic rings. The lowest BCUT2D eigenvalue weighted by Crippen LogP contribution is -2.06. The van der Waals surface area contributed by atoms with Crippen LogP contribution in [0.4, 0.5) is 4.79 Å². The molecule has 0 saturated heterocycles. The molecule has 0 N–H and O–H groups in total. The quantitative estimate of drug-likeness (QED) is 0.444. The molecule has 3 nitrogen and oxygen atoms in total. The van der Waals surface area contributed by atoms with Crippen LogP contribution < -0.4 is 0 Å². The Hall–Kier alpha value is -0.730. The molecule has 0 fully saturated rings. The second-order valence-electron chi connectivity index (χ2n) is 3.23. The third kappa shape index (κ3) is 9.36. The highest BCUT2D eigenvalue weighted by Crippen LogP contribution is 2.01. The van der Waals surface area contributed by atoms with E-state index in [1.165, 1.54) is 19.4 Å². The van der Waals surface area contributed by atoms with E-state index in [1.54, 1.807) is 0 Å². The maximum Gasteiger partial charge on any atom is 0.508 e. The number of rotatable bonds is 8. The summed E-state index contributed by atoms with van der Waals surface area (Å²) < 4.78 is 9.55. The van der Waals surface area contributed by atoms with Crippen LogP contribution in [0.5, 0.6) is 0 Å². The van der Waals surface area contributed by atoms with E-state index in [2.05, 4.69) is 6.92 Å². The molecule has 14 heavy (non-hydrogen) atoms. The van der Waals surface area contributed by atoms with Crippen molar-refractivity contribution in [2.24, 2.45) is 0 Å². The van der Waals surface area contributed by atoms with Crippen molar-refractivity contribution in [3.63, 3.8) is 0 Å². The zero-order chi connectivity index (χ0) is 10.6. The zero-order valence-electron chi connectivity index (χ0n) is 9.25. The lowest BCUT2D eigenvalue weighted by molar-refractivity contribution is 0.0708. The fraction of sp³-hybridized carbons (Fsp3) is 0.818. The van der Waals surface area contributed by atoms with Crippen LogP contribution in [-0.2, 0) is 9.47 Å². The van der Waals surface area contributed by atoms with Gasteiger partial charge in [0.25, 0.3) is 0 Å². The van der Waals surface area contributed by atoms with Gasteiger partial charge in [-0.1, -0.05) is 39.5 Å². The van der Waals surface area contributed by atoms with Crippen molar-refractivity contribution in [2.45, 2.75) is 52.4 Å². The van der Waals surface area contributed by atoms with Gasteiger partial charge in [0, 0.05) is 0 Å². The van der Waals surface area contributed by atoms with Gasteiger partial charge in [-0.3, -0.25) is 0 Å². The maximum absolute atomic E-state index is 10.9. The molecule has 0 unspecified atom stereocenters. The molecule has 0 atom stereocenters.